The Hall–Kier alpha value is -1.90. The lowest BCUT2D eigenvalue weighted by atomic mass is 10.1. The van der Waals surface area contributed by atoms with E-state index < -0.39 is 22.7 Å². The highest BCUT2D eigenvalue weighted by Gasteiger charge is 2.38. The summed E-state index contributed by atoms with van der Waals surface area (Å²) in [5, 5.41) is 0. The van der Waals surface area contributed by atoms with Crippen LogP contribution in [0, 0.1) is 0 Å². The number of methoxy groups -OCH3 is 1. The monoisotopic (exact) mass is 416 g/mol. The third-order valence-electron chi connectivity index (χ3n) is 3.83. The first-order valence-corrected chi connectivity index (χ1v) is 11.2. The zero-order valence-electron chi connectivity index (χ0n) is 14.6. The largest absolute Gasteiger partial charge is 0.497 e. The molecular formula is C17H21O8PS. The van der Waals surface area contributed by atoms with Gasteiger partial charge in [-0.15, -0.1) is 0 Å². The van der Waals surface area contributed by atoms with E-state index in [1.54, 1.807) is 55.6 Å². The van der Waals surface area contributed by atoms with Gasteiger partial charge >= 0.3 is 7.60 Å². The van der Waals surface area contributed by atoms with Crippen LogP contribution in [0.1, 0.15) is 18.4 Å². The first-order chi connectivity index (χ1) is 12.6. The smallest absolute Gasteiger partial charge is 0.346 e. The molecule has 0 spiro atoms. The van der Waals surface area contributed by atoms with E-state index in [1.165, 1.54) is 0 Å². The molecule has 2 aromatic carbocycles. The summed E-state index contributed by atoms with van der Waals surface area (Å²) in [5.74, 6) is 1.88. The fourth-order valence-corrected chi connectivity index (χ4v) is 4.89. The van der Waals surface area contributed by atoms with Gasteiger partial charge in [0.05, 0.1) is 7.11 Å². The van der Waals surface area contributed by atoms with Gasteiger partial charge in [-0.05, 0) is 61.2 Å². The van der Waals surface area contributed by atoms with E-state index in [2.05, 4.69) is 0 Å². The van der Waals surface area contributed by atoms with Crippen molar-refractivity contribution >= 4 is 17.7 Å². The van der Waals surface area contributed by atoms with Crippen molar-refractivity contribution in [1.29, 1.82) is 0 Å². The van der Waals surface area contributed by atoms with Crippen molar-refractivity contribution in [3.05, 3.63) is 54.1 Å². The van der Waals surface area contributed by atoms with Crippen LogP contribution in [-0.2, 0) is 21.1 Å². The van der Waals surface area contributed by atoms with E-state index in [0.29, 0.717) is 23.7 Å². The van der Waals surface area contributed by atoms with Gasteiger partial charge in [0.1, 0.15) is 17.2 Å². The molecule has 0 fully saturated rings. The standard InChI is InChI=1S/C17H21O8PS/c1-24-14-8-10-15(11-9-14)25-16-6-2-4-13(12-16)5-3-7-17(26(18,19)20)27(21,22)23/h2,4,6,8-12,17H,3,5,7H2,1H3,(H2,18,19,20)(H,21,22,23). The van der Waals surface area contributed by atoms with Crippen molar-refractivity contribution in [2.75, 3.05) is 7.11 Å². The molecule has 148 valence electrons. The average Bonchev–Trinajstić information content (AvgIpc) is 2.57. The van der Waals surface area contributed by atoms with Crippen LogP contribution in [0.3, 0.4) is 0 Å². The Labute approximate surface area is 157 Å². The Morgan fingerprint density at radius 1 is 1.04 bits per heavy atom. The molecule has 0 aromatic heterocycles. The highest BCUT2D eigenvalue weighted by Crippen LogP contribution is 2.46. The second kappa shape index (κ2) is 8.86. The predicted molar refractivity (Wildman–Crippen MR) is 99.8 cm³/mol. The minimum Gasteiger partial charge on any atom is -0.497 e. The van der Waals surface area contributed by atoms with E-state index in [4.69, 9.17) is 23.8 Å². The van der Waals surface area contributed by atoms with Crippen molar-refractivity contribution in [3.63, 3.8) is 0 Å². The van der Waals surface area contributed by atoms with Crippen LogP contribution in [0.2, 0.25) is 0 Å². The van der Waals surface area contributed by atoms with Gasteiger partial charge in [-0.1, -0.05) is 12.1 Å². The van der Waals surface area contributed by atoms with Crippen LogP contribution in [0.5, 0.6) is 17.2 Å². The van der Waals surface area contributed by atoms with Crippen molar-refractivity contribution in [2.45, 2.75) is 24.3 Å². The molecule has 0 radical (unpaired) electrons. The molecule has 1 unspecified atom stereocenters. The van der Waals surface area contributed by atoms with E-state index >= 15 is 0 Å². The van der Waals surface area contributed by atoms with Gasteiger partial charge in [-0.25, -0.2) is 0 Å². The number of benzene rings is 2. The maximum absolute atomic E-state index is 11.2. The van der Waals surface area contributed by atoms with Gasteiger partial charge < -0.3 is 19.3 Å². The molecule has 0 saturated carbocycles. The molecule has 27 heavy (non-hydrogen) atoms. The second-order valence-corrected chi connectivity index (χ2v) is 9.63. The van der Waals surface area contributed by atoms with Crippen LogP contribution < -0.4 is 9.47 Å². The van der Waals surface area contributed by atoms with E-state index in [-0.39, 0.29) is 12.8 Å². The zero-order chi connectivity index (χ0) is 20.1. The lowest BCUT2D eigenvalue weighted by molar-refractivity contribution is 0.360. The Morgan fingerprint density at radius 3 is 2.22 bits per heavy atom. The van der Waals surface area contributed by atoms with Gasteiger partial charge in [0.15, 0.2) is 4.99 Å². The average molecular weight is 416 g/mol. The summed E-state index contributed by atoms with van der Waals surface area (Å²) in [7, 11) is -8.22. The maximum atomic E-state index is 11.2. The number of ether oxygens (including phenoxy) is 2. The minimum atomic E-state index is -4.95. The van der Waals surface area contributed by atoms with Crippen molar-refractivity contribution in [3.8, 4) is 17.2 Å². The van der Waals surface area contributed by atoms with Crippen LogP contribution >= 0.6 is 7.60 Å². The minimum absolute atomic E-state index is 0.168. The summed E-state index contributed by atoms with van der Waals surface area (Å²) in [6, 6.07) is 14.1. The molecule has 2 rings (SSSR count). The summed E-state index contributed by atoms with van der Waals surface area (Å²) in [6.45, 7) is 0. The Bertz CT molecular complexity index is 905. The lowest BCUT2D eigenvalue weighted by Crippen LogP contribution is -2.20. The first-order valence-electron chi connectivity index (χ1n) is 8.02. The zero-order valence-corrected chi connectivity index (χ0v) is 16.3. The molecule has 0 saturated heterocycles. The quantitative estimate of drug-likeness (QED) is 0.420. The van der Waals surface area contributed by atoms with Crippen molar-refractivity contribution < 1.29 is 36.8 Å². The Morgan fingerprint density at radius 2 is 1.67 bits per heavy atom. The van der Waals surface area contributed by atoms with Crippen LogP contribution in [0.15, 0.2) is 48.5 Å². The first kappa shape index (κ1) is 21.4. The maximum Gasteiger partial charge on any atom is 0.346 e. The summed E-state index contributed by atoms with van der Waals surface area (Å²) in [6.07, 6.45) is 0.181. The molecule has 0 amide bonds. The molecule has 0 aliphatic carbocycles. The molecule has 0 bridgehead atoms. The van der Waals surface area contributed by atoms with E-state index in [0.717, 1.165) is 5.56 Å². The molecule has 0 aliphatic heterocycles. The molecule has 10 heteroatoms. The van der Waals surface area contributed by atoms with Gasteiger partial charge in [0, 0.05) is 0 Å². The summed E-state index contributed by atoms with van der Waals surface area (Å²) in [5.41, 5.74) is 0.806. The topological polar surface area (TPSA) is 130 Å². The normalized spacial score (nSPS) is 13.2. The number of hydrogen-bond donors (Lipinski definition) is 3. The summed E-state index contributed by atoms with van der Waals surface area (Å²) < 4.78 is 53.4. The number of aryl methyl sites for hydroxylation is 1. The summed E-state index contributed by atoms with van der Waals surface area (Å²) >= 11 is 0. The van der Waals surface area contributed by atoms with E-state index in [1.807, 2.05) is 0 Å². The predicted octanol–water partition coefficient (Wildman–Crippen LogP) is 3.20. The molecule has 3 N–H and O–H groups in total. The number of hydrogen-bond acceptors (Lipinski definition) is 5. The molecule has 8 nitrogen and oxygen atoms in total. The Kier molecular flexibility index (Phi) is 7.02. The molecule has 0 aliphatic rings. The Balaban J connectivity index is 1.99. The lowest BCUT2D eigenvalue weighted by Gasteiger charge is -2.15. The van der Waals surface area contributed by atoms with E-state index in [9.17, 15) is 13.0 Å². The molecular weight excluding hydrogens is 395 g/mol. The summed E-state index contributed by atoms with van der Waals surface area (Å²) in [4.78, 5) is 16.1. The van der Waals surface area contributed by atoms with Gasteiger partial charge in [0.25, 0.3) is 10.1 Å². The van der Waals surface area contributed by atoms with Crippen molar-refractivity contribution in [1.82, 2.24) is 0 Å². The SMILES string of the molecule is COc1ccc(Oc2cccc(CCCC(P(=O)(O)O)S(=O)(=O)O)c2)cc1. The third-order valence-corrected chi connectivity index (χ3v) is 7.38. The van der Waals surface area contributed by atoms with Crippen molar-refractivity contribution in [2.24, 2.45) is 0 Å². The fraction of sp³-hybridized carbons (Fsp3) is 0.294. The fourth-order valence-electron chi connectivity index (χ4n) is 2.52. The van der Waals surface area contributed by atoms with Gasteiger partial charge in [-0.2, -0.15) is 8.42 Å². The van der Waals surface area contributed by atoms with Gasteiger partial charge in [0.2, 0.25) is 0 Å². The third kappa shape index (κ3) is 6.64. The molecule has 0 heterocycles. The molecule has 1 atom stereocenters. The van der Waals surface area contributed by atoms with Crippen LogP contribution in [0.4, 0.5) is 0 Å². The second-order valence-electron chi connectivity index (χ2n) is 5.88. The van der Waals surface area contributed by atoms with Gasteiger partial charge in [-0.3, -0.25) is 9.12 Å². The highest BCUT2D eigenvalue weighted by atomic mass is 32.2. The van der Waals surface area contributed by atoms with Crippen LogP contribution in [-0.4, -0.2) is 34.9 Å². The molecule has 2 aromatic rings. The highest BCUT2D eigenvalue weighted by molar-refractivity contribution is 7.93. The number of rotatable bonds is 9. The van der Waals surface area contributed by atoms with Crippen LogP contribution in [0.25, 0.3) is 0 Å².